The van der Waals surface area contributed by atoms with Crippen LogP contribution >= 0.6 is 0 Å². The highest BCUT2D eigenvalue weighted by Crippen LogP contribution is 2.41. The molecule has 4 aliphatic heterocycles. The lowest BCUT2D eigenvalue weighted by atomic mass is 9.84. The number of aryl methyl sites for hydroxylation is 1. The van der Waals surface area contributed by atoms with Crippen molar-refractivity contribution in [1.82, 2.24) is 10.2 Å². The fourth-order valence-electron chi connectivity index (χ4n) is 6.32. The van der Waals surface area contributed by atoms with Gasteiger partial charge in [-0.15, -0.1) is 0 Å². The van der Waals surface area contributed by atoms with Crippen LogP contribution in [0.5, 0.6) is 5.75 Å². The smallest absolute Gasteiger partial charge is 0.416 e. The minimum atomic E-state index is -4.70. The lowest BCUT2D eigenvalue weighted by Crippen LogP contribution is -2.52. The molecule has 4 aliphatic rings. The number of carbonyl (C=O) groups excluding carboxylic acids is 2. The Bertz CT molecular complexity index is 1400. The third-order valence-corrected chi connectivity index (χ3v) is 8.61. The van der Waals surface area contributed by atoms with Crippen molar-refractivity contribution in [2.24, 2.45) is 10.7 Å². The summed E-state index contributed by atoms with van der Waals surface area (Å²) in [4.78, 5) is 33.0. The molecular formula is C31H37F3N4O3. The van der Waals surface area contributed by atoms with Gasteiger partial charge in [-0.1, -0.05) is 25.5 Å². The van der Waals surface area contributed by atoms with Crippen molar-refractivity contribution in [3.8, 4) is 5.75 Å². The van der Waals surface area contributed by atoms with E-state index in [0.29, 0.717) is 25.0 Å². The molecule has 6 rings (SSSR count). The molecule has 6 bridgehead atoms. The predicted molar refractivity (Wildman–Crippen MR) is 149 cm³/mol. The van der Waals surface area contributed by atoms with E-state index in [-0.39, 0.29) is 29.4 Å². The minimum absolute atomic E-state index is 0.00945. The molecule has 4 heterocycles. The summed E-state index contributed by atoms with van der Waals surface area (Å²) >= 11 is 0. The maximum atomic E-state index is 14.0. The van der Waals surface area contributed by atoms with E-state index < -0.39 is 40.9 Å². The van der Waals surface area contributed by atoms with Crippen LogP contribution in [0.1, 0.15) is 111 Å². The molecule has 0 spiro atoms. The normalized spacial score (nSPS) is 26.4. The average Bonchev–Trinajstić information content (AvgIpc) is 2.89. The number of nitrogens with two attached hydrogens (primary N) is 1. The van der Waals surface area contributed by atoms with Crippen LogP contribution in [-0.4, -0.2) is 33.8 Å². The number of alkyl halides is 3. The first-order chi connectivity index (χ1) is 19.2. The van der Waals surface area contributed by atoms with Crippen molar-refractivity contribution in [3.05, 3.63) is 64.2 Å². The van der Waals surface area contributed by atoms with Gasteiger partial charge in [0, 0.05) is 17.5 Å². The SMILES string of the molecule is CC[C@@]12CCCCc3ccc4c(c3)[C@H](CC(C)(C)O4)NC(=O)c3cc(cc(C(F)(F)F)c3)[C@H](C)N(C(=O)C1)C(N)=N2. The van der Waals surface area contributed by atoms with Crippen LogP contribution in [0.25, 0.3) is 0 Å². The van der Waals surface area contributed by atoms with Gasteiger partial charge < -0.3 is 15.8 Å². The van der Waals surface area contributed by atoms with E-state index in [4.69, 9.17) is 15.5 Å². The van der Waals surface area contributed by atoms with Gasteiger partial charge in [-0.05, 0) is 81.8 Å². The number of rotatable bonds is 1. The van der Waals surface area contributed by atoms with Gasteiger partial charge >= 0.3 is 6.18 Å². The van der Waals surface area contributed by atoms with Gasteiger partial charge in [0.1, 0.15) is 11.4 Å². The first-order valence-electron chi connectivity index (χ1n) is 14.2. The number of benzene rings is 2. The van der Waals surface area contributed by atoms with Crippen LogP contribution in [0.4, 0.5) is 13.2 Å². The zero-order valence-corrected chi connectivity index (χ0v) is 23.9. The molecule has 0 radical (unpaired) electrons. The van der Waals surface area contributed by atoms with Crippen molar-refractivity contribution in [2.45, 2.75) is 102 Å². The summed E-state index contributed by atoms with van der Waals surface area (Å²) in [5, 5.41) is 2.98. The van der Waals surface area contributed by atoms with Crippen LogP contribution in [0, 0.1) is 0 Å². The van der Waals surface area contributed by atoms with Gasteiger partial charge in [0.25, 0.3) is 5.91 Å². The van der Waals surface area contributed by atoms with Crippen LogP contribution in [0.15, 0.2) is 41.4 Å². The molecule has 3 N–H and O–H groups in total. The van der Waals surface area contributed by atoms with E-state index in [2.05, 4.69) is 5.32 Å². The van der Waals surface area contributed by atoms with E-state index in [1.807, 2.05) is 39.0 Å². The lowest BCUT2D eigenvalue weighted by Gasteiger charge is -2.40. The van der Waals surface area contributed by atoms with Crippen LogP contribution in [-0.2, 0) is 17.4 Å². The zero-order chi connectivity index (χ0) is 29.7. The second kappa shape index (κ2) is 10.4. The summed E-state index contributed by atoms with van der Waals surface area (Å²) in [6, 6.07) is 7.84. The molecule has 0 saturated heterocycles. The number of guanidine groups is 1. The number of aliphatic imine (C=N–C) groups is 1. The van der Waals surface area contributed by atoms with Crippen LogP contribution in [0.3, 0.4) is 0 Å². The number of amides is 2. The van der Waals surface area contributed by atoms with Crippen molar-refractivity contribution < 1.29 is 27.5 Å². The van der Waals surface area contributed by atoms with Crippen molar-refractivity contribution in [1.29, 1.82) is 0 Å². The second-order valence-electron chi connectivity index (χ2n) is 12.2. The third kappa shape index (κ3) is 5.78. The summed E-state index contributed by atoms with van der Waals surface area (Å²) in [6.45, 7) is 7.41. The molecule has 10 heteroatoms. The molecule has 0 saturated carbocycles. The Morgan fingerprint density at radius 3 is 2.59 bits per heavy atom. The number of nitrogens with one attached hydrogen (secondary N) is 1. The predicted octanol–water partition coefficient (Wildman–Crippen LogP) is 6.22. The number of ether oxygens (including phenoxy) is 1. The second-order valence-corrected chi connectivity index (χ2v) is 12.2. The Balaban J connectivity index is 1.63. The quantitative estimate of drug-likeness (QED) is 0.425. The first kappa shape index (κ1) is 29.0. The maximum Gasteiger partial charge on any atom is 0.416 e. The Hall–Kier alpha value is -3.56. The van der Waals surface area contributed by atoms with E-state index >= 15 is 0 Å². The molecule has 2 aromatic rings. The summed E-state index contributed by atoms with van der Waals surface area (Å²) in [5.74, 6) is -0.284. The van der Waals surface area contributed by atoms with Crippen LogP contribution < -0.4 is 15.8 Å². The fourth-order valence-corrected chi connectivity index (χ4v) is 6.32. The Labute approximate surface area is 238 Å². The van der Waals surface area contributed by atoms with E-state index in [1.165, 1.54) is 11.0 Å². The van der Waals surface area contributed by atoms with E-state index in [0.717, 1.165) is 42.5 Å². The standard InChI is InChI=1S/C31H37F3N4O3/c1-5-30-11-7-6-8-19-9-10-25-23(12-19)24(16-29(3,4)41-25)36-27(40)21-13-20(14-22(15-21)31(32,33)34)18(2)38(26(39)17-30)28(35)37-30/h9-10,12-15,18,24H,5-8,11,16-17H2,1-4H3,(H2,35,37)(H,36,40)/t18-,24-,30+/m0/s1. The number of halogens is 3. The van der Waals surface area contributed by atoms with Crippen molar-refractivity contribution in [2.75, 3.05) is 0 Å². The van der Waals surface area contributed by atoms with E-state index in [1.54, 1.807) is 6.92 Å². The summed E-state index contributed by atoms with van der Waals surface area (Å²) in [6.07, 6.45) is -0.364. The van der Waals surface area contributed by atoms with Crippen LogP contribution in [0.2, 0.25) is 0 Å². The lowest BCUT2D eigenvalue weighted by molar-refractivity contribution is -0.137. The van der Waals surface area contributed by atoms with Gasteiger partial charge in [-0.3, -0.25) is 14.5 Å². The molecule has 3 atom stereocenters. The fraction of sp³-hybridized carbons (Fsp3) is 0.516. The largest absolute Gasteiger partial charge is 0.487 e. The van der Waals surface area contributed by atoms with Gasteiger partial charge in [-0.2, -0.15) is 13.2 Å². The molecule has 41 heavy (non-hydrogen) atoms. The highest BCUT2D eigenvalue weighted by atomic mass is 19.4. The number of nitrogens with zero attached hydrogens (tertiary/aromatic N) is 2. The van der Waals surface area contributed by atoms with Gasteiger partial charge in [0.05, 0.1) is 29.6 Å². The number of hydrogen-bond donors (Lipinski definition) is 2. The van der Waals surface area contributed by atoms with Gasteiger partial charge in [-0.25, -0.2) is 4.99 Å². The molecule has 2 amide bonds. The minimum Gasteiger partial charge on any atom is -0.487 e. The Morgan fingerprint density at radius 1 is 1.15 bits per heavy atom. The molecule has 7 nitrogen and oxygen atoms in total. The Kier molecular flexibility index (Phi) is 7.32. The van der Waals surface area contributed by atoms with Crippen molar-refractivity contribution in [3.63, 3.8) is 0 Å². The molecule has 220 valence electrons. The third-order valence-electron chi connectivity index (χ3n) is 8.61. The number of hydrogen-bond acceptors (Lipinski definition) is 5. The van der Waals surface area contributed by atoms with Gasteiger partial charge in [0.15, 0.2) is 5.96 Å². The zero-order valence-electron chi connectivity index (χ0n) is 23.9. The Morgan fingerprint density at radius 2 is 1.90 bits per heavy atom. The number of fused-ring (bicyclic) bond motifs is 5. The summed E-state index contributed by atoms with van der Waals surface area (Å²) in [7, 11) is 0. The molecule has 0 aromatic heterocycles. The highest BCUT2D eigenvalue weighted by Gasteiger charge is 2.41. The first-order valence-corrected chi connectivity index (χ1v) is 14.2. The van der Waals surface area contributed by atoms with E-state index in [9.17, 15) is 22.8 Å². The van der Waals surface area contributed by atoms with Crippen molar-refractivity contribution >= 4 is 17.8 Å². The van der Waals surface area contributed by atoms with Gasteiger partial charge in [0.2, 0.25) is 5.91 Å². The summed E-state index contributed by atoms with van der Waals surface area (Å²) in [5.41, 5.74) is 6.01. The molecule has 0 fully saturated rings. The molecule has 0 aliphatic carbocycles. The summed E-state index contributed by atoms with van der Waals surface area (Å²) < 4.78 is 48.3. The molecule has 0 unspecified atom stereocenters. The average molecular weight is 571 g/mol. The molecular weight excluding hydrogens is 533 g/mol. The number of carbonyl (C=O) groups is 2. The maximum absolute atomic E-state index is 14.0. The topological polar surface area (TPSA) is 97.0 Å². The monoisotopic (exact) mass is 570 g/mol. The highest BCUT2D eigenvalue weighted by molar-refractivity contribution is 6.00. The molecule has 2 aromatic carbocycles.